The zero-order valence-electron chi connectivity index (χ0n) is 22.4. The molecular weight excluding hydrogens is 534 g/mol. The van der Waals surface area contributed by atoms with Crippen molar-refractivity contribution in [2.24, 2.45) is 0 Å². The Hall–Kier alpha value is -5.28. The number of hydrogen-bond donors (Lipinski definition) is 0. The van der Waals surface area contributed by atoms with E-state index in [1.165, 1.54) is 32.6 Å². The smallest absolute Gasteiger partial charge is 0.158 e. The minimum atomic E-state index is -1.34. The van der Waals surface area contributed by atoms with E-state index in [1.807, 2.05) is 24.3 Å². The molecule has 198 valence electrons. The lowest BCUT2D eigenvalue weighted by Crippen LogP contribution is -2.03. The highest BCUT2D eigenvalue weighted by Gasteiger charge is 2.21. The monoisotopic (exact) mass is 557 g/mol. The van der Waals surface area contributed by atoms with Crippen LogP contribution in [0, 0.1) is 11.3 Å². The number of hydrogen-bond acceptors (Lipinski definition) is 2. The molecule has 6 aromatic carbocycles. The van der Waals surface area contributed by atoms with Crippen LogP contribution in [0.1, 0.15) is 5.56 Å². The molecule has 0 fully saturated rings. The van der Waals surface area contributed by atoms with Gasteiger partial charge in [0.1, 0.15) is 0 Å². The molecule has 0 bridgehead atoms. The zero-order valence-corrected chi connectivity index (χ0v) is 23.3. The molecule has 2 heterocycles. The summed E-state index contributed by atoms with van der Waals surface area (Å²) < 4.78 is 17.9. The molecule has 0 N–H and O–H groups in total. The summed E-state index contributed by atoms with van der Waals surface area (Å²) in [6.45, 7) is 0. The normalized spacial score (nSPS) is 12.3. The fourth-order valence-corrected chi connectivity index (χ4v) is 7.20. The van der Waals surface area contributed by atoms with E-state index in [9.17, 15) is 4.55 Å². The molecule has 0 spiro atoms. The molecule has 1 atom stereocenters. The van der Waals surface area contributed by atoms with Crippen molar-refractivity contribution in [3.63, 3.8) is 0 Å². The minimum absolute atomic E-state index is 0.554. The Morgan fingerprint density at radius 2 is 0.929 bits per heavy atom. The van der Waals surface area contributed by atoms with Crippen molar-refractivity contribution in [3.8, 4) is 17.4 Å². The van der Waals surface area contributed by atoms with Gasteiger partial charge in [-0.3, -0.25) is 0 Å². The largest absolute Gasteiger partial charge is 0.606 e. The van der Waals surface area contributed by atoms with E-state index in [0.717, 1.165) is 27.3 Å². The van der Waals surface area contributed by atoms with Crippen molar-refractivity contribution in [2.45, 2.75) is 9.79 Å². The standard InChI is InChI=1S/C37H23N3OS/c38-24-25-14-18-28(19-15-25)42(41)29-20-16-27(17-21-29)40-33-13-7-5-11-31(33)37-35(40)23-22-34-36(37)30-10-4-6-12-32(30)39(34)26-8-2-1-3-9-26/h1-23H. The molecule has 1 unspecified atom stereocenters. The zero-order chi connectivity index (χ0) is 28.2. The molecule has 0 saturated heterocycles. The van der Waals surface area contributed by atoms with E-state index >= 15 is 0 Å². The quantitative estimate of drug-likeness (QED) is 0.203. The van der Waals surface area contributed by atoms with Gasteiger partial charge in [-0.15, -0.1) is 0 Å². The molecule has 0 aliphatic carbocycles. The summed E-state index contributed by atoms with van der Waals surface area (Å²) in [5, 5.41) is 14.0. The van der Waals surface area contributed by atoms with Crippen LogP contribution in [0.5, 0.6) is 0 Å². The first kappa shape index (κ1) is 24.5. The van der Waals surface area contributed by atoms with Gasteiger partial charge in [0, 0.05) is 44.1 Å². The van der Waals surface area contributed by atoms with Crippen LogP contribution in [0.3, 0.4) is 0 Å². The Morgan fingerprint density at radius 3 is 1.45 bits per heavy atom. The lowest BCUT2D eigenvalue weighted by atomic mass is 10.1. The summed E-state index contributed by atoms with van der Waals surface area (Å²) in [7, 11) is 0. The third kappa shape index (κ3) is 3.67. The van der Waals surface area contributed by atoms with Crippen molar-refractivity contribution >= 4 is 54.8 Å². The Balaban J connectivity index is 1.35. The van der Waals surface area contributed by atoms with E-state index in [4.69, 9.17) is 5.26 Å². The number of benzene rings is 6. The van der Waals surface area contributed by atoms with Crippen LogP contribution >= 0.6 is 0 Å². The van der Waals surface area contributed by atoms with Gasteiger partial charge in [-0.2, -0.15) is 5.26 Å². The van der Waals surface area contributed by atoms with E-state index in [0.29, 0.717) is 10.5 Å². The first-order valence-corrected chi connectivity index (χ1v) is 14.9. The maximum atomic E-state index is 13.3. The highest BCUT2D eigenvalue weighted by atomic mass is 32.2. The third-order valence-electron chi connectivity index (χ3n) is 7.99. The van der Waals surface area contributed by atoms with Gasteiger partial charge in [0.05, 0.1) is 33.7 Å². The van der Waals surface area contributed by atoms with E-state index in [-0.39, 0.29) is 0 Å². The SMILES string of the molecule is N#Cc1ccc([S+]([O-])c2ccc(-n3c4ccccc4c4c5c6ccccc6n(-c6ccccc6)c5ccc43)cc2)cc1. The predicted octanol–water partition coefficient (Wildman–Crippen LogP) is 8.92. The maximum absolute atomic E-state index is 13.3. The van der Waals surface area contributed by atoms with Crippen LogP contribution in [0.4, 0.5) is 0 Å². The van der Waals surface area contributed by atoms with Gasteiger partial charge < -0.3 is 13.7 Å². The second-order valence-electron chi connectivity index (χ2n) is 10.3. The summed E-state index contributed by atoms with van der Waals surface area (Å²) in [5.74, 6) is 0. The predicted molar refractivity (Wildman–Crippen MR) is 171 cm³/mol. The van der Waals surface area contributed by atoms with Gasteiger partial charge in [-0.1, -0.05) is 54.6 Å². The average Bonchev–Trinajstić information content (AvgIpc) is 3.58. The van der Waals surface area contributed by atoms with Crippen LogP contribution < -0.4 is 0 Å². The highest BCUT2D eigenvalue weighted by Crippen LogP contribution is 2.42. The lowest BCUT2D eigenvalue weighted by molar-refractivity contribution is 0.595. The van der Waals surface area contributed by atoms with Crippen molar-refractivity contribution in [3.05, 3.63) is 145 Å². The topological polar surface area (TPSA) is 56.7 Å². The Morgan fingerprint density at radius 1 is 0.476 bits per heavy atom. The van der Waals surface area contributed by atoms with Crippen molar-refractivity contribution < 1.29 is 4.55 Å². The number of nitrogens with zero attached hydrogens (tertiary/aromatic N) is 3. The first-order chi connectivity index (χ1) is 20.7. The highest BCUT2D eigenvalue weighted by molar-refractivity contribution is 7.91. The Kier molecular flexibility index (Phi) is 5.65. The number of nitriles is 1. The van der Waals surface area contributed by atoms with Gasteiger partial charge in [0.15, 0.2) is 9.79 Å². The van der Waals surface area contributed by atoms with Gasteiger partial charge >= 0.3 is 0 Å². The number of rotatable bonds is 4. The molecule has 2 aromatic heterocycles. The Labute approximate surface area is 245 Å². The second-order valence-corrected chi connectivity index (χ2v) is 11.8. The van der Waals surface area contributed by atoms with E-state index in [1.54, 1.807) is 24.3 Å². The summed E-state index contributed by atoms with van der Waals surface area (Å²) >= 11 is -1.34. The number of fused-ring (bicyclic) bond motifs is 7. The molecule has 42 heavy (non-hydrogen) atoms. The van der Waals surface area contributed by atoms with Crippen LogP contribution in [0.2, 0.25) is 0 Å². The van der Waals surface area contributed by atoms with Crippen LogP contribution in [-0.4, -0.2) is 13.7 Å². The van der Waals surface area contributed by atoms with Gasteiger partial charge in [0.2, 0.25) is 0 Å². The molecule has 0 aliphatic rings. The molecule has 0 radical (unpaired) electrons. The van der Waals surface area contributed by atoms with Crippen LogP contribution in [0.15, 0.2) is 149 Å². The summed E-state index contributed by atoms with van der Waals surface area (Å²) in [6, 6.07) is 49.1. The van der Waals surface area contributed by atoms with Crippen LogP contribution in [-0.2, 0) is 11.2 Å². The number of para-hydroxylation sites is 3. The van der Waals surface area contributed by atoms with Crippen molar-refractivity contribution in [1.82, 2.24) is 9.13 Å². The maximum Gasteiger partial charge on any atom is 0.158 e. The van der Waals surface area contributed by atoms with Crippen LogP contribution in [0.25, 0.3) is 55.0 Å². The van der Waals surface area contributed by atoms with Gasteiger partial charge in [-0.05, 0) is 84.9 Å². The second kappa shape index (κ2) is 9.67. The molecule has 8 aromatic rings. The molecule has 8 rings (SSSR count). The van der Waals surface area contributed by atoms with Gasteiger partial charge in [0.25, 0.3) is 0 Å². The average molecular weight is 558 g/mol. The fourth-order valence-electron chi connectivity index (χ4n) is 6.16. The summed E-state index contributed by atoms with van der Waals surface area (Å²) in [6.07, 6.45) is 0. The summed E-state index contributed by atoms with van der Waals surface area (Å²) in [4.78, 5) is 1.40. The molecule has 4 nitrogen and oxygen atoms in total. The first-order valence-electron chi connectivity index (χ1n) is 13.8. The lowest BCUT2D eigenvalue weighted by Gasteiger charge is -2.12. The van der Waals surface area contributed by atoms with E-state index in [2.05, 4.69) is 106 Å². The van der Waals surface area contributed by atoms with Crippen molar-refractivity contribution in [2.75, 3.05) is 0 Å². The van der Waals surface area contributed by atoms with Crippen molar-refractivity contribution in [1.29, 1.82) is 5.26 Å². The summed E-state index contributed by atoms with van der Waals surface area (Å²) in [5.41, 5.74) is 7.30. The molecule has 5 heteroatoms. The fraction of sp³-hybridized carbons (Fsp3) is 0. The molecule has 0 amide bonds. The van der Waals surface area contributed by atoms with E-state index < -0.39 is 11.2 Å². The third-order valence-corrected chi connectivity index (χ3v) is 9.39. The molecular formula is C37H23N3OS. The Bertz CT molecular complexity index is 2310. The van der Waals surface area contributed by atoms with Gasteiger partial charge in [-0.25, -0.2) is 0 Å². The molecule has 0 saturated carbocycles. The minimum Gasteiger partial charge on any atom is -0.606 e. The molecule has 0 aliphatic heterocycles. The number of aromatic nitrogens is 2.